The van der Waals surface area contributed by atoms with Crippen LogP contribution in [0.2, 0.25) is 0 Å². The lowest BCUT2D eigenvalue weighted by atomic mass is 9.97. The summed E-state index contributed by atoms with van der Waals surface area (Å²) in [6.07, 6.45) is 5.36. The van der Waals surface area contributed by atoms with Crippen molar-refractivity contribution in [1.82, 2.24) is 4.90 Å². The van der Waals surface area contributed by atoms with E-state index in [-0.39, 0.29) is 5.92 Å². The predicted octanol–water partition coefficient (Wildman–Crippen LogP) is 3.29. The van der Waals surface area contributed by atoms with Gasteiger partial charge in [0.15, 0.2) is 0 Å². The molecule has 0 bridgehead atoms. The Kier molecular flexibility index (Phi) is 6.18. The van der Waals surface area contributed by atoms with Gasteiger partial charge in [0.05, 0.1) is 0 Å². The molecule has 1 aliphatic rings. The summed E-state index contributed by atoms with van der Waals surface area (Å²) in [5, 5.41) is 0. The SMILES string of the molecule is CCCC(CCC)C(=O)N1CCC(CCl)C1. The first kappa shape index (κ1) is 13.8. The minimum Gasteiger partial charge on any atom is -0.342 e. The fourth-order valence-corrected chi connectivity index (χ4v) is 2.76. The van der Waals surface area contributed by atoms with Crippen molar-refractivity contribution >= 4 is 17.5 Å². The summed E-state index contributed by atoms with van der Waals surface area (Å²) in [7, 11) is 0. The van der Waals surface area contributed by atoms with Gasteiger partial charge in [-0.15, -0.1) is 11.6 Å². The number of rotatable bonds is 6. The van der Waals surface area contributed by atoms with Crippen molar-refractivity contribution in [2.45, 2.75) is 46.0 Å². The molecule has 0 spiro atoms. The van der Waals surface area contributed by atoms with E-state index in [0.717, 1.165) is 45.2 Å². The molecule has 1 fully saturated rings. The van der Waals surface area contributed by atoms with Gasteiger partial charge in [0.1, 0.15) is 0 Å². The van der Waals surface area contributed by atoms with Crippen LogP contribution in [0.15, 0.2) is 0 Å². The van der Waals surface area contributed by atoms with E-state index in [1.54, 1.807) is 0 Å². The van der Waals surface area contributed by atoms with E-state index in [1.165, 1.54) is 0 Å². The third-order valence-electron chi connectivity index (χ3n) is 3.44. The highest BCUT2D eigenvalue weighted by atomic mass is 35.5. The monoisotopic (exact) mass is 245 g/mol. The largest absolute Gasteiger partial charge is 0.342 e. The molecule has 2 nitrogen and oxygen atoms in total. The molecule has 1 amide bonds. The topological polar surface area (TPSA) is 20.3 Å². The summed E-state index contributed by atoms with van der Waals surface area (Å²) in [5.41, 5.74) is 0. The van der Waals surface area contributed by atoms with Gasteiger partial charge in [-0.05, 0) is 25.2 Å². The first-order chi connectivity index (χ1) is 7.72. The molecule has 0 N–H and O–H groups in total. The molecule has 94 valence electrons. The maximum absolute atomic E-state index is 12.3. The molecular weight excluding hydrogens is 222 g/mol. The highest BCUT2D eigenvalue weighted by molar-refractivity contribution is 6.18. The Morgan fingerprint density at radius 1 is 1.38 bits per heavy atom. The van der Waals surface area contributed by atoms with Gasteiger partial charge in [0.25, 0.3) is 0 Å². The van der Waals surface area contributed by atoms with Gasteiger partial charge in [0, 0.05) is 24.9 Å². The highest BCUT2D eigenvalue weighted by Gasteiger charge is 2.29. The standard InChI is InChI=1S/C13H24ClNO/c1-3-5-12(6-4-2)13(16)15-8-7-11(9-14)10-15/h11-12H,3-10H2,1-2H3. The fraction of sp³-hybridized carbons (Fsp3) is 0.923. The van der Waals surface area contributed by atoms with E-state index in [0.29, 0.717) is 17.7 Å². The zero-order valence-corrected chi connectivity index (χ0v) is 11.3. The molecule has 0 aromatic rings. The van der Waals surface area contributed by atoms with Crippen LogP contribution in [0, 0.1) is 11.8 Å². The quantitative estimate of drug-likeness (QED) is 0.658. The number of likely N-dealkylation sites (tertiary alicyclic amines) is 1. The molecule has 16 heavy (non-hydrogen) atoms. The Labute approximate surface area is 104 Å². The van der Waals surface area contributed by atoms with Crippen molar-refractivity contribution in [3.63, 3.8) is 0 Å². The first-order valence-electron chi connectivity index (χ1n) is 6.57. The number of halogens is 1. The lowest BCUT2D eigenvalue weighted by Crippen LogP contribution is -2.34. The van der Waals surface area contributed by atoms with Crippen LogP contribution >= 0.6 is 11.6 Å². The zero-order valence-electron chi connectivity index (χ0n) is 10.5. The highest BCUT2D eigenvalue weighted by Crippen LogP contribution is 2.23. The second-order valence-corrected chi connectivity index (χ2v) is 5.18. The maximum atomic E-state index is 12.3. The minimum absolute atomic E-state index is 0.254. The number of nitrogens with zero attached hydrogens (tertiary/aromatic N) is 1. The maximum Gasteiger partial charge on any atom is 0.225 e. The van der Waals surface area contributed by atoms with Crippen molar-refractivity contribution in [1.29, 1.82) is 0 Å². The molecule has 0 radical (unpaired) electrons. The predicted molar refractivity (Wildman–Crippen MR) is 68.7 cm³/mol. The van der Waals surface area contributed by atoms with Crippen molar-refractivity contribution in [3.05, 3.63) is 0 Å². The number of carbonyl (C=O) groups excluding carboxylic acids is 1. The number of carbonyl (C=O) groups is 1. The summed E-state index contributed by atoms with van der Waals surface area (Å²) >= 11 is 5.84. The lowest BCUT2D eigenvalue weighted by molar-refractivity contribution is -0.135. The zero-order chi connectivity index (χ0) is 12.0. The first-order valence-corrected chi connectivity index (χ1v) is 7.11. The average Bonchev–Trinajstić information content (AvgIpc) is 2.76. The van der Waals surface area contributed by atoms with Crippen LogP contribution in [0.5, 0.6) is 0 Å². The van der Waals surface area contributed by atoms with Crippen molar-refractivity contribution in [3.8, 4) is 0 Å². The third-order valence-corrected chi connectivity index (χ3v) is 3.88. The van der Waals surface area contributed by atoms with Crippen LogP contribution in [-0.2, 0) is 4.79 Å². The Balaban J connectivity index is 2.47. The summed E-state index contributed by atoms with van der Waals surface area (Å²) in [6, 6.07) is 0. The second kappa shape index (κ2) is 7.16. The molecule has 1 aliphatic heterocycles. The van der Waals surface area contributed by atoms with Crippen molar-refractivity contribution in [2.24, 2.45) is 11.8 Å². The number of hydrogen-bond acceptors (Lipinski definition) is 1. The van der Waals surface area contributed by atoms with Gasteiger partial charge in [-0.25, -0.2) is 0 Å². The summed E-state index contributed by atoms with van der Waals surface area (Å²) < 4.78 is 0. The van der Waals surface area contributed by atoms with Crippen LogP contribution in [0.4, 0.5) is 0 Å². The fourth-order valence-electron chi connectivity index (χ4n) is 2.51. The van der Waals surface area contributed by atoms with E-state index in [4.69, 9.17) is 11.6 Å². The number of hydrogen-bond donors (Lipinski definition) is 0. The van der Waals surface area contributed by atoms with Gasteiger partial charge < -0.3 is 4.90 Å². The third kappa shape index (κ3) is 3.65. The molecule has 1 rings (SSSR count). The number of amides is 1. The van der Waals surface area contributed by atoms with E-state index in [1.807, 2.05) is 4.90 Å². The summed E-state index contributed by atoms with van der Waals surface area (Å²) in [4.78, 5) is 14.3. The second-order valence-electron chi connectivity index (χ2n) is 4.87. The lowest BCUT2D eigenvalue weighted by Gasteiger charge is -2.23. The van der Waals surface area contributed by atoms with Crippen LogP contribution in [-0.4, -0.2) is 29.8 Å². The van der Waals surface area contributed by atoms with Crippen LogP contribution in [0.3, 0.4) is 0 Å². The molecule has 0 aromatic heterocycles. The molecule has 1 atom stereocenters. The van der Waals surface area contributed by atoms with Crippen LogP contribution in [0.25, 0.3) is 0 Å². The van der Waals surface area contributed by atoms with Crippen LogP contribution in [0.1, 0.15) is 46.0 Å². The average molecular weight is 246 g/mol. The Bertz CT molecular complexity index is 214. The molecule has 0 saturated carbocycles. The van der Waals surface area contributed by atoms with Crippen molar-refractivity contribution in [2.75, 3.05) is 19.0 Å². The van der Waals surface area contributed by atoms with E-state index >= 15 is 0 Å². The van der Waals surface area contributed by atoms with E-state index in [9.17, 15) is 4.79 Å². The summed E-state index contributed by atoms with van der Waals surface area (Å²) in [5.74, 6) is 1.84. The molecule has 1 heterocycles. The van der Waals surface area contributed by atoms with E-state index in [2.05, 4.69) is 13.8 Å². The number of alkyl halides is 1. The normalized spacial score (nSPS) is 20.8. The Morgan fingerprint density at radius 3 is 2.44 bits per heavy atom. The minimum atomic E-state index is 0.254. The Hall–Kier alpha value is -0.240. The van der Waals surface area contributed by atoms with E-state index < -0.39 is 0 Å². The van der Waals surface area contributed by atoms with Crippen molar-refractivity contribution < 1.29 is 4.79 Å². The molecular formula is C13H24ClNO. The van der Waals surface area contributed by atoms with Gasteiger partial charge in [-0.2, -0.15) is 0 Å². The smallest absolute Gasteiger partial charge is 0.225 e. The van der Waals surface area contributed by atoms with Gasteiger partial charge >= 0.3 is 0 Å². The van der Waals surface area contributed by atoms with Gasteiger partial charge in [-0.1, -0.05) is 26.7 Å². The Morgan fingerprint density at radius 2 is 2.00 bits per heavy atom. The molecule has 3 heteroatoms. The van der Waals surface area contributed by atoms with Gasteiger partial charge in [-0.3, -0.25) is 4.79 Å². The van der Waals surface area contributed by atoms with Crippen LogP contribution < -0.4 is 0 Å². The summed E-state index contributed by atoms with van der Waals surface area (Å²) in [6.45, 7) is 6.11. The molecule has 1 saturated heterocycles. The van der Waals surface area contributed by atoms with Gasteiger partial charge in [0.2, 0.25) is 5.91 Å². The molecule has 1 unspecified atom stereocenters. The molecule has 0 aromatic carbocycles. The molecule has 0 aliphatic carbocycles.